The van der Waals surface area contributed by atoms with Gasteiger partial charge in [0.2, 0.25) is 10.0 Å². The molecular weight excluding hydrogens is 268 g/mol. The van der Waals surface area contributed by atoms with Gasteiger partial charge in [-0.05, 0) is 6.92 Å². The molecule has 0 saturated carbocycles. The van der Waals surface area contributed by atoms with Gasteiger partial charge in [-0.3, -0.25) is 9.82 Å². The van der Waals surface area contributed by atoms with Gasteiger partial charge < -0.3 is 5.73 Å². The number of nitrogens with two attached hydrogens (primary N) is 1. The molecule has 8 nitrogen and oxygen atoms in total. The fourth-order valence-electron chi connectivity index (χ4n) is 0.975. The van der Waals surface area contributed by atoms with Crippen LogP contribution in [-0.2, 0) is 19.9 Å². The van der Waals surface area contributed by atoms with E-state index in [2.05, 4.69) is 14.9 Å². The number of hydrogen-bond acceptors (Lipinski definition) is 6. The summed E-state index contributed by atoms with van der Waals surface area (Å²) in [6, 6.07) is 0. The predicted molar refractivity (Wildman–Crippen MR) is 64.9 cm³/mol. The van der Waals surface area contributed by atoms with E-state index in [-0.39, 0.29) is 11.5 Å². The quantitative estimate of drug-likeness (QED) is 0.639. The Bertz CT molecular complexity index is 602. The van der Waals surface area contributed by atoms with Crippen molar-refractivity contribution in [3.05, 3.63) is 5.69 Å². The van der Waals surface area contributed by atoms with Crippen LogP contribution in [0.4, 0.5) is 11.5 Å². The molecule has 0 spiro atoms. The van der Waals surface area contributed by atoms with Crippen molar-refractivity contribution in [1.29, 1.82) is 0 Å². The Morgan fingerprint density at radius 2 is 1.88 bits per heavy atom. The second-order valence-electron chi connectivity index (χ2n) is 3.66. The molecule has 4 N–H and O–H groups in total. The third-order valence-electron chi connectivity index (χ3n) is 1.97. The minimum absolute atomic E-state index is 0.0176. The molecule has 0 amide bonds. The molecule has 1 heterocycles. The van der Waals surface area contributed by atoms with E-state index in [0.29, 0.717) is 5.69 Å². The lowest BCUT2D eigenvalue weighted by Gasteiger charge is -2.05. The lowest BCUT2D eigenvalue weighted by Crippen LogP contribution is -2.23. The van der Waals surface area contributed by atoms with Gasteiger partial charge >= 0.3 is 0 Å². The number of aromatic nitrogens is 2. The smallest absolute Gasteiger partial charge is 0.234 e. The fraction of sp³-hybridized carbons (Fsp3) is 0.571. The number of nitrogen functional groups attached to an aromatic ring is 1. The van der Waals surface area contributed by atoms with Crippen molar-refractivity contribution >= 4 is 31.4 Å². The SMILES string of the molecule is Cc1[nH]nc(NS(=O)(=O)CCS(C)(=O)=O)c1N. The van der Waals surface area contributed by atoms with Gasteiger partial charge in [0.1, 0.15) is 9.84 Å². The molecule has 0 bridgehead atoms. The van der Waals surface area contributed by atoms with Crippen LogP contribution in [0.5, 0.6) is 0 Å². The van der Waals surface area contributed by atoms with Crippen LogP contribution < -0.4 is 10.5 Å². The first-order valence-electron chi connectivity index (χ1n) is 4.59. The number of nitrogens with zero attached hydrogens (tertiary/aromatic N) is 1. The number of aromatic amines is 1. The van der Waals surface area contributed by atoms with Gasteiger partial charge in [0, 0.05) is 6.26 Å². The molecule has 10 heteroatoms. The van der Waals surface area contributed by atoms with Crippen molar-refractivity contribution in [3.8, 4) is 0 Å². The standard InChI is InChI=1S/C7H14N4O4S2/c1-5-6(8)7(10-9-5)11-17(14,15)4-3-16(2,12)13/h3-4,8H2,1-2H3,(H2,9,10,11). The Morgan fingerprint density at radius 1 is 1.29 bits per heavy atom. The molecule has 0 unspecified atom stereocenters. The second kappa shape index (κ2) is 4.53. The van der Waals surface area contributed by atoms with Crippen molar-refractivity contribution in [2.75, 3.05) is 28.2 Å². The zero-order valence-corrected chi connectivity index (χ0v) is 11.0. The Kier molecular flexibility index (Phi) is 3.67. The Balaban J connectivity index is 2.77. The van der Waals surface area contributed by atoms with Crippen LogP contribution in [0.1, 0.15) is 5.69 Å². The molecule has 1 aromatic heterocycles. The van der Waals surface area contributed by atoms with E-state index in [1.807, 2.05) is 0 Å². The van der Waals surface area contributed by atoms with Crippen molar-refractivity contribution < 1.29 is 16.8 Å². The highest BCUT2D eigenvalue weighted by Crippen LogP contribution is 2.19. The highest BCUT2D eigenvalue weighted by Gasteiger charge is 2.17. The molecule has 17 heavy (non-hydrogen) atoms. The van der Waals surface area contributed by atoms with Crippen molar-refractivity contribution in [2.24, 2.45) is 0 Å². The zero-order valence-electron chi connectivity index (χ0n) is 9.39. The molecule has 0 atom stereocenters. The van der Waals surface area contributed by atoms with Gasteiger partial charge in [0.25, 0.3) is 0 Å². The number of sulfonamides is 1. The number of nitrogens with one attached hydrogen (secondary N) is 2. The molecule has 1 rings (SSSR count). The van der Waals surface area contributed by atoms with Crippen LogP contribution in [0.15, 0.2) is 0 Å². The predicted octanol–water partition coefficient (Wildman–Crippen LogP) is -0.913. The summed E-state index contributed by atoms with van der Waals surface area (Å²) in [6.07, 6.45) is 0.968. The highest BCUT2D eigenvalue weighted by atomic mass is 32.2. The summed E-state index contributed by atoms with van der Waals surface area (Å²) >= 11 is 0. The number of anilines is 2. The van der Waals surface area contributed by atoms with E-state index >= 15 is 0 Å². The number of sulfone groups is 1. The molecule has 0 aliphatic rings. The summed E-state index contributed by atoms with van der Waals surface area (Å²) in [6.45, 7) is 1.64. The van der Waals surface area contributed by atoms with Crippen LogP contribution >= 0.6 is 0 Å². The van der Waals surface area contributed by atoms with E-state index in [9.17, 15) is 16.8 Å². The number of aryl methyl sites for hydroxylation is 1. The van der Waals surface area contributed by atoms with Crippen molar-refractivity contribution in [1.82, 2.24) is 10.2 Å². The van der Waals surface area contributed by atoms with Gasteiger partial charge in [-0.1, -0.05) is 0 Å². The minimum atomic E-state index is -3.77. The third kappa shape index (κ3) is 4.23. The first-order valence-corrected chi connectivity index (χ1v) is 8.31. The Labute approximate surface area is 99.6 Å². The summed E-state index contributed by atoms with van der Waals surface area (Å²) in [7, 11) is -7.10. The van der Waals surface area contributed by atoms with Gasteiger partial charge in [0.05, 0.1) is 22.9 Å². The molecule has 0 radical (unpaired) electrons. The van der Waals surface area contributed by atoms with Crippen LogP contribution in [0.3, 0.4) is 0 Å². The van der Waals surface area contributed by atoms with Crippen LogP contribution in [-0.4, -0.2) is 44.8 Å². The summed E-state index contributed by atoms with van der Waals surface area (Å²) in [5, 5.41) is 6.17. The normalized spacial score (nSPS) is 12.6. The first-order chi connectivity index (χ1) is 7.61. The summed E-state index contributed by atoms with van der Waals surface area (Å²) in [4.78, 5) is 0. The van der Waals surface area contributed by atoms with Gasteiger partial charge in [-0.15, -0.1) is 0 Å². The van der Waals surface area contributed by atoms with Crippen LogP contribution in [0, 0.1) is 6.92 Å². The average molecular weight is 282 g/mol. The first kappa shape index (κ1) is 13.8. The van der Waals surface area contributed by atoms with Crippen molar-refractivity contribution in [3.63, 3.8) is 0 Å². The van der Waals surface area contributed by atoms with Crippen LogP contribution in [0.25, 0.3) is 0 Å². The lowest BCUT2D eigenvalue weighted by molar-refractivity contribution is 0.593. The number of hydrogen-bond donors (Lipinski definition) is 3. The topological polar surface area (TPSA) is 135 Å². The maximum atomic E-state index is 11.5. The Morgan fingerprint density at radius 3 is 2.29 bits per heavy atom. The number of rotatable bonds is 5. The van der Waals surface area contributed by atoms with Crippen LogP contribution in [0.2, 0.25) is 0 Å². The monoisotopic (exact) mass is 282 g/mol. The van der Waals surface area contributed by atoms with E-state index in [1.54, 1.807) is 6.92 Å². The lowest BCUT2D eigenvalue weighted by atomic mass is 10.4. The largest absolute Gasteiger partial charge is 0.394 e. The summed E-state index contributed by atoms with van der Waals surface area (Å²) in [5.74, 6) is -1.00. The molecular formula is C7H14N4O4S2. The summed E-state index contributed by atoms with van der Waals surface area (Å²) in [5.41, 5.74) is 6.27. The molecule has 0 aromatic carbocycles. The molecule has 98 valence electrons. The van der Waals surface area contributed by atoms with E-state index in [1.165, 1.54) is 0 Å². The van der Waals surface area contributed by atoms with Gasteiger partial charge in [-0.25, -0.2) is 16.8 Å². The van der Waals surface area contributed by atoms with E-state index in [4.69, 9.17) is 5.73 Å². The summed E-state index contributed by atoms with van der Waals surface area (Å²) < 4.78 is 46.9. The average Bonchev–Trinajstić information content (AvgIpc) is 2.46. The molecule has 0 fully saturated rings. The van der Waals surface area contributed by atoms with E-state index in [0.717, 1.165) is 6.26 Å². The number of H-pyrrole nitrogens is 1. The third-order valence-corrected chi connectivity index (χ3v) is 4.42. The zero-order chi connectivity index (χ0) is 13.3. The molecule has 0 aliphatic carbocycles. The highest BCUT2D eigenvalue weighted by molar-refractivity contribution is 7.95. The van der Waals surface area contributed by atoms with Gasteiger partial charge in [0.15, 0.2) is 5.82 Å². The fourth-order valence-corrected chi connectivity index (χ4v) is 3.62. The van der Waals surface area contributed by atoms with Gasteiger partial charge in [-0.2, -0.15) is 5.10 Å². The maximum absolute atomic E-state index is 11.5. The van der Waals surface area contributed by atoms with E-state index < -0.39 is 31.4 Å². The second-order valence-corrected chi connectivity index (χ2v) is 7.76. The molecule has 0 saturated heterocycles. The van der Waals surface area contributed by atoms with Crippen molar-refractivity contribution in [2.45, 2.75) is 6.92 Å². The Hall–Kier alpha value is -1.29. The molecule has 0 aliphatic heterocycles. The maximum Gasteiger partial charge on any atom is 0.234 e. The molecule has 1 aromatic rings. The minimum Gasteiger partial charge on any atom is -0.394 e.